The van der Waals surface area contributed by atoms with E-state index in [1.807, 2.05) is 6.20 Å². The summed E-state index contributed by atoms with van der Waals surface area (Å²) in [6.45, 7) is 10.8. The highest BCUT2D eigenvalue weighted by molar-refractivity contribution is 5.42. The predicted molar refractivity (Wildman–Crippen MR) is 81.5 cm³/mol. The maximum atomic E-state index is 5.92. The van der Waals surface area contributed by atoms with Gasteiger partial charge in [-0.2, -0.15) is 0 Å². The minimum atomic E-state index is 0.162. The molecule has 1 aliphatic rings. The van der Waals surface area contributed by atoms with Crippen molar-refractivity contribution in [1.82, 2.24) is 4.98 Å². The zero-order chi connectivity index (χ0) is 14.0. The first-order valence-electron chi connectivity index (χ1n) is 7.35. The van der Waals surface area contributed by atoms with E-state index in [1.165, 1.54) is 18.4 Å². The summed E-state index contributed by atoms with van der Waals surface area (Å²) in [5.74, 6) is 1.86. The molecule has 0 amide bonds. The minimum Gasteiger partial charge on any atom is -0.352 e. The fourth-order valence-electron chi connectivity index (χ4n) is 2.78. The molecule has 0 aliphatic carbocycles. The molecule has 3 nitrogen and oxygen atoms in total. The van der Waals surface area contributed by atoms with Crippen molar-refractivity contribution in [2.45, 2.75) is 52.0 Å². The van der Waals surface area contributed by atoms with Gasteiger partial charge >= 0.3 is 0 Å². The first-order chi connectivity index (χ1) is 8.91. The Labute approximate surface area is 117 Å². The van der Waals surface area contributed by atoms with Crippen molar-refractivity contribution in [2.24, 2.45) is 11.7 Å². The number of anilines is 1. The van der Waals surface area contributed by atoms with Crippen LogP contribution in [0.25, 0.3) is 0 Å². The summed E-state index contributed by atoms with van der Waals surface area (Å²) in [5, 5.41) is 0. The number of piperidine rings is 1. The average Bonchev–Trinajstić information content (AvgIpc) is 2.37. The molecule has 0 radical (unpaired) electrons. The van der Waals surface area contributed by atoms with E-state index in [1.54, 1.807) is 0 Å². The van der Waals surface area contributed by atoms with Crippen molar-refractivity contribution >= 4 is 5.82 Å². The maximum absolute atomic E-state index is 5.92. The third-order valence-corrected chi connectivity index (χ3v) is 4.16. The van der Waals surface area contributed by atoms with Crippen LogP contribution in [0.1, 0.15) is 46.1 Å². The molecular formula is C16H27N3. The van der Waals surface area contributed by atoms with Crippen molar-refractivity contribution in [1.29, 1.82) is 0 Å². The summed E-state index contributed by atoms with van der Waals surface area (Å²) in [6.07, 6.45) is 4.43. The number of rotatable bonds is 2. The van der Waals surface area contributed by atoms with Crippen LogP contribution in [0, 0.1) is 5.92 Å². The van der Waals surface area contributed by atoms with Crippen molar-refractivity contribution in [3.63, 3.8) is 0 Å². The van der Waals surface area contributed by atoms with Crippen LogP contribution in [0.2, 0.25) is 0 Å². The second kappa shape index (κ2) is 5.49. The third-order valence-electron chi connectivity index (χ3n) is 4.16. The van der Waals surface area contributed by atoms with Crippen LogP contribution in [-0.2, 0) is 5.41 Å². The van der Waals surface area contributed by atoms with Gasteiger partial charge in [0.05, 0.1) is 0 Å². The number of hydrogen-bond acceptors (Lipinski definition) is 3. The van der Waals surface area contributed by atoms with Gasteiger partial charge in [-0.3, -0.25) is 0 Å². The zero-order valence-corrected chi connectivity index (χ0v) is 12.7. The summed E-state index contributed by atoms with van der Waals surface area (Å²) in [7, 11) is 0. The van der Waals surface area contributed by atoms with Crippen LogP contribution in [0.15, 0.2) is 18.3 Å². The van der Waals surface area contributed by atoms with Crippen LogP contribution >= 0.6 is 0 Å². The van der Waals surface area contributed by atoms with Gasteiger partial charge in [0.2, 0.25) is 0 Å². The number of pyridine rings is 1. The molecule has 1 aromatic heterocycles. The molecule has 2 atom stereocenters. The number of hydrogen-bond donors (Lipinski definition) is 1. The lowest BCUT2D eigenvalue weighted by Gasteiger charge is -2.39. The Morgan fingerprint density at radius 3 is 2.63 bits per heavy atom. The van der Waals surface area contributed by atoms with E-state index in [0.29, 0.717) is 12.6 Å². The molecule has 2 rings (SSSR count). The Bertz CT molecular complexity index is 405. The highest BCUT2D eigenvalue weighted by Gasteiger charge is 2.26. The first kappa shape index (κ1) is 14.3. The number of aromatic nitrogens is 1. The second-order valence-corrected chi connectivity index (χ2v) is 6.87. The van der Waals surface area contributed by atoms with E-state index in [9.17, 15) is 0 Å². The SMILES string of the molecule is CC1CCN(c2ccc(C(C)(C)C)cn2)C(CN)C1. The molecule has 106 valence electrons. The van der Waals surface area contributed by atoms with Crippen LogP contribution in [-0.4, -0.2) is 24.1 Å². The standard InChI is InChI=1S/C16H27N3/c1-12-7-8-19(14(9-12)10-17)15-6-5-13(11-18-15)16(2,3)4/h5-6,11-12,14H,7-10,17H2,1-4H3. The monoisotopic (exact) mass is 261 g/mol. The molecule has 19 heavy (non-hydrogen) atoms. The van der Waals surface area contributed by atoms with Crippen LogP contribution in [0.5, 0.6) is 0 Å². The molecule has 0 spiro atoms. The topological polar surface area (TPSA) is 42.2 Å². The molecule has 1 saturated heterocycles. The lowest BCUT2D eigenvalue weighted by Crippen LogP contribution is -2.46. The summed E-state index contributed by atoms with van der Waals surface area (Å²) < 4.78 is 0. The lowest BCUT2D eigenvalue weighted by atomic mass is 9.88. The van der Waals surface area contributed by atoms with Crippen LogP contribution in [0.4, 0.5) is 5.82 Å². The molecule has 1 fully saturated rings. The molecule has 2 N–H and O–H groups in total. The van der Waals surface area contributed by atoms with Crippen LogP contribution < -0.4 is 10.6 Å². The largest absolute Gasteiger partial charge is 0.352 e. The molecule has 1 aliphatic heterocycles. The summed E-state index contributed by atoms with van der Waals surface area (Å²) in [5.41, 5.74) is 7.37. The first-order valence-corrected chi connectivity index (χ1v) is 7.35. The Kier molecular flexibility index (Phi) is 4.14. The zero-order valence-electron chi connectivity index (χ0n) is 12.7. The van der Waals surface area contributed by atoms with Gasteiger partial charge in [-0.1, -0.05) is 33.8 Å². The summed E-state index contributed by atoms with van der Waals surface area (Å²) in [4.78, 5) is 7.04. The Morgan fingerprint density at radius 2 is 2.11 bits per heavy atom. The second-order valence-electron chi connectivity index (χ2n) is 6.87. The fraction of sp³-hybridized carbons (Fsp3) is 0.688. The summed E-state index contributed by atoms with van der Waals surface area (Å²) in [6, 6.07) is 4.80. The lowest BCUT2D eigenvalue weighted by molar-refractivity contribution is 0.365. The fourth-order valence-corrected chi connectivity index (χ4v) is 2.78. The Hall–Kier alpha value is -1.09. The average molecular weight is 261 g/mol. The normalized spacial score (nSPS) is 24.6. The third kappa shape index (κ3) is 3.27. The molecule has 0 saturated carbocycles. The molecule has 0 aromatic carbocycles. The highest BCUT2D eigenvalue weighted by Crippen LogP contribution is 2.28. The predicted octanol–water partition coefficient (Wildman–Crippen LogP) is 2.94. The van der Waals surface area contributed by atoms with E-state index in [0.717, 1.165) is 18.3 Å². The van der Waals surface area contributed by atoms with Gasteiger partial charge < -0.3 is 10.6 Å². The van der Waals surface area contributed by atoms with Crippen molar-refractivity contribution < 1.29 is 0 Å². The van der Waals surface area contributed by atoms with Gasteiger partial charge in [-0.05, 0) is 35.8 Å². The van der Waals surface area contributed by atoms with E-state index >= 15 is 0 Å². The van der Waals surface area contributed by atoms with Gasteiger partial charge in [0.25, 0.3) is 0 Å². The van der Waals surface area contributed by atoms with E-state index < -0.39 is 0 Å². The van der Waals surface area contributed by atoms with Crippen molar-refractivity contribution in [3.8, 4) is 0 Å². The van der Waals surface area contributed by atoms with Gasteiger partial charge in [0.15, 0.2) is 0 Å². The molecule has 0 bridgehead atoms. The molecular weight excluding hydrogens is 234 g/mol. The molecule has 3 heteroatoms. The Morgan fingerprint density at radius 1 is 1.37 bits per heavy atom. The van der Waals surface area contributed by atoms with Gasteiger partial charge in [-0.15, -0.1) is 0 Å². The highest BCUT2D eigenvalue weighted by atomic mass is 15.2. The molecule has 2 heterocycles. The van der Waals surface area contributed by atoms with Gasteiger partial charge in [0.1, 0.15) is 5.82 Å². The van der Waals surface area contributed by atoms with Crippen LogP contribution in [0.3, 0.4) is 0 Å². The minimum absolute atomic E-state index is 0.162. The maximum Gasteiger partial charge on any atom is 0.128 e. The van der Waals surface area contributed by atoms with E-state index in [-0.39, 0.29) is 5.41 Å². The smallest absolute Gasteiger partial charge is 0.128 e. The van der Waals surface area contributed by atoms with E-state index in [4.69, 9.17) is 5.73 Å². The van der Waals surface area contributed by atoms with E-state index in [2.05, 4.69) is 49.7 Å². The Balaban J connectivity index is 2.17. The quantitative estimate of drug-likeness (QED) is 0.890. The van der Waals surface area contributed by atoms with Crippen molar-refractivity contribution in [3.05, 3.63) is 23.9 Å². The number of nitrogens with zero attached hydrogens (tertiary/aromatic N) is 2. The number of nitrogens with two attached hydrogens (primary N) is 1. The van der Waals surface area contributed by atoms with Gasteiger partial charge in [0, 0.05) is 25.3 Å². The van der Waals surface area contributed by atoms with Gasteiger partial charge in [-0.25, -0.2) is 4.98 Å². The molecule has 2 unspecified atom stereocenters. The van der Waals surface area contributed by atoms with Crippen molar-refractivity contribution in [2.75, 3.05) is 18.0 Å². The molecule has 1 aromatic rings. The summed E-state index contributed by atoms with van der Waals surface area (Å²) >= 11 is 0.